The predicted octanol–water partition coefficient (Wildman–Crippen LogP) is 1.35. The first-order valence-electron chi connectivity index (χ1n) is 4.19. The number of nitrogens with zero attached hydrogens (tertiary/aromatic N) is 1. The summed E-state index contributed by atoms with van der Waals surface area (Å²) in [5.74, 6) is 0. The number of aliphatic hydroxyl groups excluding tert-OH is 1. The maximum absolute atomic E-state index is 9.79. The molecular weight excluding hydrogens is 208 g/mol. The van der Waals surface area contributed by atoms with E-state index in [2.05, 4.69) is 10.3 Å². The van der Waals surface area contributed by atoms with Gasteiger partial charge in [0.05, 0.1) is 0 Å². The Morgan fingerprint density at radius 2 is 2.54 bits per heavy atom. The first-order chi connectivity index (χ1) is 5.88. The zero-order valence-electron chi connectivity index (χ0n) is 7.14. The molecule has 1 unspecified atom stereocenters. The third-order valence-electron chi connectivity index (χ3n) is 2.18. The van der Waals surface area contributed by atoms with E-state index in [0.29, 0.717) is 0 Å². The van der Waals surface area contributed by atoms with Crippen LogP contribution in [0.15, 0.2) is 11.6 Å². The molecule has 1 aliphatic heterocycles. The lowest BCUT2D eigenvalue weighted by Crippen LogP contribution is -2.28. The van der Waals surface area contributed by atoms with Gasteiger partial charge < -0.3 is 10.4 Å². The van der Waals surface area contributed by atoms with Gasteiger partial charge in [0.15, 0.2) is 0 Å². The van der Waals surface area contributed by atoms with E-state index in [1.165, 1.54) is 11.3 Å². The van der Waals surface area contributed by atoms with Gasteiger partial charge in [-0.3, -0.25) is 0 Å². The Labute approximate surface area is 87.6 Å². The van der Waals surface area contributed by atoms with Gasteiger partial charge in [0.1, 0.15) is 11.1 Å². The van der Waals surface area contributed by atoms with E-state index in [-0.39, 0.29) is 18.4 Å². The number of nitrogens with one attached hydrogen (secondary N) is 1. The summed E-state index contributed by atoms with van der Waals surface area (Å²) >= 11 is 1.52. The number of rotatable bonds is 2. The number of halogens is 1. The van der Waals surface area contributed by atoms with Crippen molar-refractivity contribution in [2.45, 2.75) is 25.0 Å². The zero-order valence-corrected chi connectivity index (χ0v) is 8.77. The standard InChI is InChI=1S/C8H12N2OS.ClH/c11-7(6-2-1-3-9-6)8-10-4-5-12-8;/h4-7,9,11H,1-3H2;1H/t6-,7?;/m0./s1. The van der Waals surface area contributed by atoms with Crippen molar-refractivity contribution in [2.75, 3.05) is 6.54 Å². The van der Waals surface area contributed by atoms with Crippen molar-refractivity contribution in [3.05, 3.63) is 16.6 Å². The Morgan fingerprint density at radius 1 is 1.69 bits per heavy atom. The fraction of sp³-hybridized carbons (Fsp3) is 0.625. The van der Waals surface area contributed by atoms with Gasteiger partial charge in [-0.2, -0.15) is 0 Å². The number of hydrogen-bond donors (Lipinski definition) is 2. The fourth-order valence-corrected chi connectivity index (χ4v) is 2.22. The summed E-state index contributed by atoms with van der Waals surface area (Å²) in [5, 5.41) is 15.8. The summed E-state index contributed by atoms with van der Waals surface area (Å²) in [4.78, 5) is 4.09. The molecule has 2 heterocycles. The van der Waals surface area contributed by atoms with Crippen LogP contribution >= 0.6 is 23.7 Å². The van der Waals surface area contributed by atoms with Crippen LogP contribution in [0.4, 0.5) is 0 Å². The van der Waals surface area contributed by atoms with Crippen LogP contribution in [0.5, 0.6) is 0 Å². The lowest BCUT2D eigenvalue weighted by atomic mass is 10.1. The van der Waals surface area contributed by atoms with Gasteiger partial charge in [0.25, 0.3) is 0 Å². The molecule has 13 heavy (non-hydrogen) atoms. The minimum Gasteiger partial charge on any atom is -0.384 e. The van der Waals surface area contributed by atoms with Crippen LogP contribution in [0.1, 0.15) is 24.0 Å². The van der Waals surface area contributed by atoms with Crippen molar-refractivity contribution in [1.29, 1.82) is 0 Å². The van der Waals surface area contributed by atoms with Gasteiger partial charge in [0.2, 0.25) is 0 Å². The Hall–Kier alpha value is -0.160. The summed E-state index contributed by atoms with van der Waals surface area (Å²) < 4.78 is 0. The van der Waals surface area contributed by atoms with Crippen molar-refractivity contribution in [3.63, 3.8) is 0 Å². The van der Waals surface area contributed by atoms with E-state index >= 15 is 0 Å². The molecule has 1 saturated heterocycles. The molecule has 1 aliphatic rings. The van der Waals surface area contributed by atoms with E-state index in [0.717, 1.165) is 24.4 Å². The Kier molecular flexibility index (Phi) is 4.12. The average Bonchev–Trinajstić information content (AvgIpc) is 2.77. The molecule has 74 valence electrons. The van der Waals surface area contributed by atoms with Gasteiger partial charge in [0, 0.05) is 17.6 Å². The molecule has 0 bridgehead atoms. The molecule has 5 heteroatoms. The number of aliphatic hydroxyl groups is 1. The lowest BCUT2D eigenvalue weighted by Gasteiger charge is -2.15. The van der Waals surface area contributed by atoms with Gasteiger partial charge in [-0.1, -0.05) is 0 Å². The fourth-order valence-electron chi connectivity index (χ4n) is 1.53. The topological polar surface area (TPSA) is 45.2 Å². The normalized spacial score (nSPS) is 23.9. The Morgan fingerprint density at radius 3 is 3.08 bits per heavy atom. The molecule has 0 aromatic carbocycles. The summed E-state index contributed by atoms with van der Waals surface area (Å²) in [6.45, 7) is 1.02. The van der Waals surface area contributed by atoms with Crippen molar-refractivity contribution in [3.8, 4) is 0 Å². The highest BCUT2D eigenvalue weighted by molar-refractivity contribution is 7.09. The minimum absolute atomic E-state index is 0. The summed E-state index contributed by atoms with van der Waals surface area (Å²) in [6, 6.07) is 0.219. The van der Waals surface area contributed by atoms with Crippen molar-refractivity contribution in [2.24, 2.45) is 0 Å². The molecular formula is C8H13ClN2OS. The summed E-state index contributed by atoms with van der Waals surface area (Å²) in [6.07, 6.45) is 3.54. The SMILES string of the molecule is Cl.OC(c1nccs1)[C@@H]1CCCN1. The molecule has 0 radical (unpaired) electrons. The first kappa shape index (κ1) is 10.9. The second kappa shape index (κ2) is 4.91. The van der Waals surface area contributed by atoms with Gasteiger partial charge >= 0.3 is 0 Å². The molecule has 1 aromatic heterocycles. The molecule has 2 atom stereocenters. The Bertz CT molecular complexity index is 236. The van der Waals surface area contributed by atoms with Crippen LogP contribution in [0.3, 0.4) is 0 Å². The van der Waals surface area contributed by atoms with E-state index in [1.807, 2.05) is 5.38 Å². The molecule has 0 aliphatic carbocycles. The molecule has 1 aromatic rings. The van der Waals surface area contributed by atoms with Crippen LogP contribution < -0.4 is 5.32 Å². The molecule has 3 nitrogen and oxygen atoms in total. The lowest BCUT2D eigenvalue weighted by molar-refractivity contribution is 0.137. The smallest absolute Gasteiger partial charge is 0.123 e. The summed E-state index contributed by atoms with van der Waals surface area (Å²) in [5.41, 5.74) is 0. The third-order valence-corrected chi connectivity index (χ3v) is 3.03. The largest absolute Gasteiger partial charge is 0.384 e. The minimum atomic E-state index is -0.410. The van der Waals surface area contributed by atoms with E-state index in [4.69, 9.17) is 0 Å². The van der Waals surface area contributed by atoms with Crippen LogP contribution in [0.25, 0.3) is 0 Å². The first-order valence-corrected chi connectivity index (χ1v) is 5.07. The maximum atomic E-state index is 9.79. The van der Waals surface area contributed by atoms with E-state index in [9.17, 15) is 5.11 Å². The quantitative estimate of drug-likeness (QED) is 0.791. The van der Waals surface area contributed by atoms with Crippen molar-refractivity contribution < 1.29 is 5.11 Å². The molecule has 0 spiro atoms. The molecule has 2 rings (SSSR count). The molecule has 0 amide bonds. The summed E-state index contributed by atoms with van der Waals surface area (Å²) in [7, 11) is 0. The van der Waals surface area contributed by atoms with Gasteiger partial charge in [-0.05, 0) is 19.4 Å². The van der Waals surface area contributed by atoms with Crippen molar-refractivity contribution in [1.82, 2.24) is 10.3 Å². The third kappa shape index (κ3) is 2.40. The monoisotopic (exact) mass is 220 g/mol. The van der Waals surface area contributed by atoms with Crippen LogP contribution in [-0.2, 0) is 0 Å². The van der Waals surface area contributed by atoms with Gasteiger partial charge in [-0.15, -0.1) is 23.7 Å². The highest BCUT2D eigenvalue weighted by atomic mass is 35.5. The van der Waals surface area contributed by atoms with Crippen molar-refractivity contribution >= 4 is 23.7 Å². The average molecular weight is 221 g/mol. The van der Waals surface area contributed by atoms with Crippen LogP contribution in [0.2, 0.25) is 0 Å². The van der Waals surface area contributed by atoms with E-state index in [1.54, 1.807) is 6.20 Å². The highest BCUT2D eigenvalue weighted by Gasteiger charge is 2.25. The van der Waals surface area contributed by atoms with Crippen LogP contribution in [-0.4, -0.2) is 22.7 Å². The van der Waals surface area contributed by atoms with Crippen LogP contribution in [0, 0.1) is 0 Å². The molecule has 2 N–H and O–H groups in total. The van der Waals surface area contributed by atoms with Gasteiger partial charge in [-0.25, -0.2) is 4.98 Å². The number of thiazole rings is 1. The second-order valence-electron chi connectivity index (χ2n) is 3.02. The highest BCUT2D eigenvalue weighted by Crippen LogP contribution is 2.23. The zero-order chi connectivity index (χ0) is 8.39. The van der Waals surface area contributed by atoms with E-state index < -0.39 is 6.10 Å². The maximum Gasteiger partial charge on any atom is 0.123 e. The Balaban J connectivity index is 0.000000845. The number of hydrogen-bond acceptors (Lipinski definition) is 4. The predicted molar refractivity (Wildman–Crippen MR) is 55.3 cm³/mol. The number of aromatic nitrogens is 1. The second-order valence-corrected chi connectivity index (χ2v) is 3.94. The molecule has 1 fully saturated rings. The molecule has 0 saturated carbocycles.